The molecule has 0 saturated carbocycles. The molecule has 5 nitrogen and oxygen atoms in total. The van der Waals surface area contributed by atoms with Gasteiger partial charge in [-0.1, -0.05) is 0 Å². The van der Waals surface area contributed by atoms with E-state index in [9.17, 15) is 0 Å². The molecule has 0 heterocycles. The van der Waals surface area contributed by atoms with Gasteiger partial charge in [0.2, 0.25) is 0 Å². The van der Waals surface area contributed by atoms with Gasteiger partial charge in [0.1, 0.15) is 0 Å². The van der Waals surface area contributed by atoms with E-state index in [0.29, 0.717) is 0 Å². The second-order valence-electron chi connectivity index (χ2n) is 2.36. The summed E-state index contributed by atoms with van der Waals surface area (Å²) in [6, 6.07) is 0. The molecule has 72 valence electrons. The summed E-state index contributed by atoms with van der Waals surface area (Å²) in [6.45, 7) is -0.657. The van der Waals surface area contributed by atoms with E-state index in [1.165, 1.54) is 25.9 Å². The van der Waals surface area contributed by atoms with Crippen molar-refractivity contribution in [3.63, 3.8) is 0 Å². The van der Waals surface area contributed by atoms with Crippen LogP contribution >= 0.6 is 0 Å². The van der Waals surface area contributed by atoms with E-state index in [1.807, 2.05) is 0 Å². The Kier molecular flexibility index (Phi) is 6.23. The molecule has 0 unspecified atom stereocenters. The van der Waals surface area contributed by atoms with Gasteiger partial charge in [-0.15, -0.1) is 0 Å². The molecule has 0 rings (SSSR count). The summed E-state index contributed by atoms with van der Waals surface area (Å²) in [5.74, 6) is 0. The van der Waals surface area contributed by atoms with Crippen LogP contribution in [0.2, 0.25) is 0 Å². The van der Waals surface area contributed by atoms with Crippen LogP contribution in [0.15, 0.2) is 0 Å². The van der Waals surface area contributed by atoms with E-state index < -0.39 is 31.0 Å². The zero-order valence-corrected chi connectivity index (χ0v) is 8.57. The first-order valence-electron chi connectivity index (χ1n) is 3.33. The van der Waals surface area contributed by atoms with Crippen molar-refractivity contribution in [2.24, 2.45) is 0 Å². The SMILES string of the molecule is OC[C@@H](O)[C@@H](O)[C@H](O)[C@@H](O)C=[Te]. The van der Waals surface area contributed by atoms with Gasteiger partial charge in [0.15, 0.2) is 0 Å². The van der Waals surface area contributed by atoms with Crippen LogP contribution in [0.3, 0.4) is 0 Å². The monoisotopic (exact) mass is 294 g/mol. The molecule has 4 atom stereocenters. The first-order chi connectivity index (χ1) is 5.54. The van der Waals surface area contributed by atoms with Crippen molar-refractivity contribution in [1.82, 2.24) is 0 Å². The maximum atomic E-state index is 9.09. The molecule has 0 bridgehead atoms. The Morgan fingerprint density at radius 3 is 1.92 bits per heavy atom. The van der Waals surface area contributed by atoms with Crippen molar-refractivity contribution >= 4 is 25.9 Å². The molecule has 0 fully saturated rings. The number of hydrogen-bond acceptors (Lipinski definition) is 5. The zero-order valence-electron chi connectivity index (χ0n) is 6.24. The van der Waals surface area contributed by atoms with E-state index in [2.05, 4.69) is 0 Å². The molecule has 0 aromatic heterocycles. The standard InChI is InChI=1S/C6H12O5Te/c7-1-3(8)5(10)6(11)4(9)2-12/h2-11H,1H2/t3-,4+,5-,6-/m1/s1. The van der Waals surface area contributed by atoms with Crippen LogP contribution in [0.4, 0.5) is 0 Å². The molecular formula is C6H12O5Te. The molecule has 12 heavy (non-hydrogen) atoms. The van der Waals surface area contributed by atoms with Gasteiger partial charge in [0, 0.05) is 0 Å². The Bertz CT molecular complexity index is 142. The summed E-state index contributed by atoms with van der Waals surface area (Å²) < 4.78 is 1.29. The number of hydrogen-bond donors (Lipinski definition) is 5. The Hall–Kier alpha value is 0.460. The molecule has 0 saturated heterocycles. The molecule has 0 aliphatic rings. The van der Waals surface area contributed by atoms with E-state index in [4.69, 9.17) is 25.5 Å². The first-order valence-corrected chi connectivity index (χ1v) is 4.67. The van der Waals surface area contributed by atoms with Crippen molar-refractivity contribution in [1.29, 1.82) is 0 Å². The predicted molar refractivity (Wildman–Crippen MR) is 42.9 cm³/mol. The molecule has 0 amide bonds. The second-order valence-corrected chi connectivity index (χ2v) is 3.13. The molecule has 0 aliphatic heterocycles. The number of rotatable bonds is 5. The van der Waals surface area contributed by atoms with Crippen LogP contribution in [-0.2, 0) is 0 Å². The first kappa shape index (κ1) is 12.5. The molecule has 0 aliphatic carbocycles. The minimum absolute atomic E-state index is 0.657. The maximum absolute atomic E-state index is 9.09. The minimum atomic E-state index is -1.54. The van der Waals surface area contributed by atoms with E-state index >= 15 is 0 Å². The fourth-order valence-corrected chi connectivity index (χ4v) is 1.08. The van der Waals surface area contributed by atoms with Crippen LogP contribution in [0.5, 0.6) is 0 Å². The third-order valence-corrected chi connectivity index (χ3v) is 2.22. The normalized spacial score (nSPS) is 21.1. The Morgan fingerprint density at radius 2 is 1.58 bits per heavy atom. The van der Waals surface area contributed by atoms with Gasteiger partial charge in [-0.2, -0.15) is 0 Å². The van der Waals surface area contributed by atoms with Crippen LogP contribution in [-0.4, -0.2) is 82.4 Å². The third-order valence-electron chi connectivity index (χ3n) is 1.42. The van der Waals surface area contributed by atoms with Crippen LogP contribution in [0, 0.1) is 0 Å². The van der Waals surface area contributed by atoms with Crippen LogP contribution in [0.25, 0.3) is 0 Å². The summed E-state index contributed by atoms with van der Waals surface area (Å²) in [4.78, 5) is 0. The van der Waals surface area contributed by atoms with E-state index in [1.54, 1.807) is 0 Å². The molecule has 0 radical (unpaired) electrons. The van der Waals surface area contributed by atoms with Gasteiger partial charge in [-0.25, -0.2) is 0 Å². The second kappa shape index (κ2) is 6.00. The average Bonchev–Trinajstić information content (AvgIpc) is 2.12. The van der Waals surface area contributed by atoms with Gasteiger partial charge < -0.3 is 0 Å². The Balaban J connectivity index is 4.07. The van der Waals surface area contributed by atoms with Gasteiger partial charge in [0.05, 0.1) is 0 Å². The molecule has 5 N–H and O–H groups in total. The number of aliphatic hydroxyl groups is 5. The fourth-order valence-electron chi connectivity index (χ4n) is 0.618. The topological polar surface area (TPSA) is 101 Å². The summed E-state index contributed by atoms with van der Waals surface area (Å²) in [7, 11) is 0. The summed E-state index contributed by atoms with van der Waals surface area (Å²) in [6.07, 6.45) is -5.65. The van der Waals surface area contributed by atoms with Crippen molar-refractivity contribution in [3.8, 4) is 0 Å². The van der Waals surface area contributed by atoms with Gasteiger partial charge >= 0.3 is 82.4 Å². The van der Waals surface area contributed by atoms with Crippen LogP contribution < -0.4 is 0 Å². The summed E-state index contributed by atoms with van der Waals surface area (Å²) in [5.41, 5.74) is 0. The molecule has 0 aromatic rings. The quantitative estimate of drug-likeness (QED) is 0.337. The van der Waals surface area contributed by atoms with E-state index in [0.717, 1.165) is 0 Å². The van der Waals surface area contributed by atoms with Crippen LogP contribution in [0.1, 0.15) is 0 Å². The fraction of sp³-hybridized carbons (Fsp3) is 0.833. The van der Waals surface area contributed by atoms with Crippen molar-refractivity contribution in [2.75, 3.05) is 6.61 Å². The predicted octanol–water partition coefficient (Wildman–Crippen LogP) is -3.61. The number of aliphatic hydroxyl groups excluding tert-OH is 5. The third kappa shape index (κ3) is 3.45. The average molecular weight is 292 g/mol. The van der Waals surface area contributed by atoms with E-state index in [-0.39, 0.29) is 0 Å². The molecule has 0 aromatic carbocycles. The summed E-state index contributed by atoms with van der Waals surface area (Å²) in [5, 5.41) is 44.4. The van der Waals surface area contributed by atoms with Gasteiger partial charge in [-0.3, -0.25) is 0 Å². The van der Waals surface area contributed by atoms with Gasteiger partial charge in [-0.05, 0) is 0 Å². The summed E-state index contributed by atoms with van der Waals surface area (Å²) >= 11 is 1.44. The molecule has 6 heteroatoms. The molecular weight excluding hydrogens is 280 g/mol. The Morgan fingerprint density at radius 1 is 1.08 bits per heavy atom. The molecule has 0 spiro atoms. The van der Waals surface area contributed by atoms with Crippen molar-refractivity contribution < 1.29 is 25.5 Å². The van der Waals surface area contributed by atoms with Crippen molar-refractivity contribution in [2.45, 2.75) is 24.4 Å². The Labute approximate surface area is 82.7 Å². The van der Waals surface area contributed by atoms with Crippen molar-refractivity contribution in [3.05, 3.63) is 0 Å². The zero-order chi connectivity index (χ0) is 9.72. The van der Waals surface area contributed by atoms with Gasteiger partial charge in [0.25, 0.3) is 0 Å².